The van der Waals surface area contributed by atoms with Crippen LogP contribution in [0.1, 0.15) is 27.7 Å². The Bertz CT molecular complexity index is 274. The van der Waals surface area contributed by atoms with Crippen molar-refractivity contribution in [2.75, 3.05) is 0 Å². The van der Waals surface area contributed by atoms with E-state index in [1.54, 1.807) is 0 Å². The van der Waals surface area contributed by atoms with Crippen LogP contribution < -0.4 is 10.4 Å². The van der Waals surface area contributed by atoms with Crippen LogP contribution in [0.5, 0.6) is 0 Å². The van der Waals surface area contributed by atoms with Crippen LogP contribution in [0.25, 0.3) is 12.2 Å². The first kappa shape index (κ1) is 11.0. The molecular formula is C12H18. The number of rotatable bonds is 0. The minimum atomic E-state index is 1.31. The Morgan fingerprint density at radius 2 is 1.17 bits per heavy atom. The molecule has 0 saturated carbocycles. The summed E-state index contributed by atoms with van der Waals surface area (Å²) in [5.41, 5.74) is 0. The van der Waals surface area contributed by atoms with Crippen molar-refractivity contribution in [3.8, 4) is 0 Å². The summed E-state index contributed by atoms with van der Waals surface area (Å²) in [5, 5.41) is 2.62. The highest BCUT2D eigenvalue weighted by Gasteiger charge is 1.77. The van der Waals surface area contributed by atoms with Gasteiger partial charge in [-0.2, -0.15) is 0 Å². The van der Waals surface area contributed by atoms with Crippen molar-refractivity contribution in [1.29, 1.82) is 0 Å². The molecule has 1 aromatic rings. The smallest absolute Gasteiger partial charge is 0.0230 e. The van der Waals surface area contributed by atoms with E-state index in [-0.39, 0.29) is 0 Å². The lowest BCUT2D eigenvalue weighted by atomic mass is 10.2. The lowest BCUT2D eigenvalue weighted by Gasteiger charge is -1.85. The van der Waals surface area contributed by atoms with Crippen molar-refractivity contribution in [3.05, 3.63) is 34.7 Å². The van der Waals surface area contributed by atoms with Gasteiger partial charge < -0.3 is 0 Å². The molecule has 0 N–H and O–H groups in total. The summed E-state index contributed by atoms with van der Waals surface area (Å²) in [6.45, 7) is 8.12. The predicted octanol–water partition coefficient (Wildman–Crippen LogP) is 2.31. The highest BCUT2D eigenvalue weighted by molar-refractivity contribution is 5.28. The fraction of sp³-hybridized carbons (Fsp3) is 0.333. The molecule has 66 valence electrons. The van der Waals surface area contributed by atoms with Gasteiger partial charge in [0.1, 0.15) is 0 Å². The van der Waals surface area contributed by atoms with Crippen molar-refractivity contribution >= 4 is 12.2 Å². The van der Waals surface area contributed by atoms with Gasteiger partial charge in [-0.05, 0) is 24.3 Å². The Kier molecular flexibility index (Phi) is 6.08. The second-order valence-electron chi connectivity index (χ2n) is 2.21. The van der Waals surface area contributed by atoms with Gasteiger partial charge in [0.25, 0.3) is 0 Å². The predicted molar refractivity (Wildman–Crippen MR) is 57.3 cm³/mol. The quantitative estimate of drug-likeness (QED) is 0.549. The van der Waals surface area contributed by atoms with Crippen LogP contribution in [0.3, 0.4) is 0 Å². The molecule has 0 unspecified atom stereocenters. The highest BCUT2D eigenvalue weighted by Crippen LogP contribution is 1.71. The van der Waals surface area contributed by atoms with Gasteiger partial charge in [-0.25, -0.2) is 0 Å². The lowest BCUT2D eigenvalue weighted by molar-refractivity contribution is 1.50. The van der Waals surface area contributed by atoms with E-state index in [9.17, 15) is 0 Å². The van der Waals surface area contributed by atoms with Crippen molar-refractivity contribution in [1.82, 2.24) is 0 Å². The van der Waals surface area contributed by atoms with Crippen LogP contribution in [0.2, 0.25) is 0 Å². The molecular weight excluding hydrogens is 144 g/mol. The molecule has 1 rings (SSSR count). The summed E-state index contributed by atoms with van der Waals surface area (Å²) in [7, 11) is 0. The summed E-state index contributed by atoms with van der Waals surface area (Å²) < 4.78 is 0. The molecule has 0 saturated heterocycles. The van der Waals surface area contributed by atoms with Gasteiger partial charge in [0.2, 0.25) is 0 Å². The molecule has 0 spiro atoms. The van der Waals surface area contributed by atoms with Gasteiger partial charge in [-0.3, -0.25) is 0 Å². The van der Waals surface area contributed by atoms with E-state index in [0.29, 0.717) is 0 Å². The molecule has 0 aliphatic heterocycles. The van der Waals surface area contributed by atoms with Crippen LogP contribution >= 0.6 is 0 Å². The fourth-order valence-electron chi connectivity index (χ4n) is 1.04. The summed E-state index contributed by atoms with van der Waals surface area (Å²) in [6.07, 6.45) is 4.24. The summed E-state index contributed by atoms with van der Waals surface area (Å²) in [6, 6.07) is 8.36. The molecule has 0 aliphatic carbocycles. The van der Waals surface area contributed by atoms with E-state index in [1.165, 1.54) is 10.4 Å². The Morgan fingerprint density at radius 3 is 1.42 bits per heavy atom. The van der Waals surface area contributed by atoms with E-state index < -0.39 is 0 Å². The first-order chi connectivity index (χ1) is 5.88. The van der Waals surface area contributed by atoms with Crippen LogP contribution in [-0.2, 0) is 0 Å². The number of benzene rings is 1. The van der Waals surface area contributed by atoms with Gasteiger partial charge in [0, 0.05) is 0 Å². The maximum absolute atomic E-state index is 2.12. The van der Waals surface area contributed by atoms with Crippen LogP contribution in [0.4, 0.5) is 0 Å². The van der Waals surface area contributed by atoms with E-state index in [4.69, 9.17) is 0 Å². The van der Waals surface area contributed by atoms with E-state index in [2.05, 4.69) is 50.3 Å². The third-order valence-corrected chi connectivity index (χ3v) is 1.62. The molecule has 0 atom stereocenters. The largest absolute Gasteiger partial charge is 0.0798 e. The van der Waals surface area contributed by atoms with Crippen LogP contribution in [-0.4, -0.2) is 0 Å². The molecule has 0 radical (unpaired) electrons. The van der Waals surface area contributed by atoms with Crippen molar-refractivity contribution in [2.45, 2.75) is 27.7 Å². The lowest BCUT2D eigenvalue weighted by Crippen LogP contribution is -2.22. The molecule has 12 heavy (non-hydrogen) atoms. The third-order valence-electron chi connectivity index (χ3n) is 1.62. The molecule has 0 nitrogen and oxygen atoms in total. The maximum Gasteiger partial charge on any atom is -0.0230 e. The molecule has 0 fully saturated rings. The van der Waals surface area contributed by atoms with Gasteiger partial charge in [-0.1, -0.05) is 50.3 Å². The number of hydrogen-bond acceptors (Lipinski definition) is 0. The zero-order valence-corrected chi connectivity index (χ0v) is 8.46. The average Bonchev–Trinajstić information content (AvgIpc) is 2.20. The second kappa shape index (κ2) is 6.66. The average molecular weight is 162 g/mol. The van der Waals surface area contributed by atoms with E-state index >= 15 is 0 Å². The van der Waals surface area contributed by atoms with Crippen LogP contribution in [0.15, 0.2) is 24.3 Å². The highest BCUT2D eigenvalue weighted by atomic mass is 13.8. The minimum absolute atomic E-state index is 1.31. The third kappa shape index (κ3) is 2.91. The van der Waals surface area contributed by atoms with Crippen molar-refractivity contribution in [2.24, 2.45) is 0 Å². The molecule has 0 amide bonds. The first-order valence-corrected chi connectivity index (χ1v) is 4.56. The first-order valence-electron chi connectivity index (χ1n) is 4.56. The molecule has 0 heteroatoms. The Labute approximate surface area is 75.2 Å². The Morgan fingerprint density at radius 1 is 0.833 bits per heavy atom. The van der Waals surface area contributed by atoms with Gasteiger partial charge in [0.15, 0.2) is 0 Å². The second-order valence-corrected chi connectivity index (χ2v) is 2.21. The zero-order chi connectivity index (χ0) is 9.40. The summed E-state index contributed by atoms with van der Waals surface area (Å²) in [5.74, 6) is 0. The van der Waals surface area contributed by atoms with Gasteiger partial charge >= 0.3 is 0 Å². The molecule has 1 aromatic carbocycles. The monoisotopic (exact) mass is 162 g/mol. The molecule has 0 aromatic heterocycles. The topological polar surface area (TPSA) is 0 Å². The summed E-state index contributed by atoms with van der Waals surface area (Å²) >= 11 is 0. The minimum Gasteiger partial charge on any atom is -0.0798 e. The normalized spacial score (nSPS) is 12.3. The SMILES string of the molecule is CC.CC=c1ccccc1=CC. The van der Waals surface area contributed by atoms with E-state index in [0.717, 1.165) is 0 Å². The summed E-state index contributed by atoms with van der Waals surface area (Å²) in [4.78, 5) is 0. The van der Waals surface area contributed by atoms with Crippen LogP contribution in [0, 0.1) is 0 Å². The molecule has 0 bridgehead atoms. The number of hydrogen-bond donors (Lipinski definition) is 0. The van der Waals surface area contributed by atoms with Crippen molar-refractivity contribution < 1.29 is 0 Å². The van der Waals surface area contributed by atoms with E-state index in [1.807, 2.05) is 13.8 Å². The Balaban J connectivity index is 0.000000561. The van der Waals surface area contributed by atoms with Crippen molar-refractivity contribution in [3.63, 3.8) is 0 Å². The molecule has 0 aliphatic rings. The fourth-order valence-corrected chi connectivity index (χ4v) is 1.04. The van der Waals surface area contributed by atoms with Gasteiger partial charge in [-0.15, -0.1) is 0 Å². The standard InChI is InChI=1S/C10H12.C2H6/c1-3-9-7-5-6-8-10(9)4-2;1-2/h3-8H,1-2H3;1-2H3. The zero-order valence-electron chi connectivity index (χ0n) is 8.46. The Hall–Kier alpha value is -1.04. The molecule has 0 heterocycles. The van der Waals surface area contributed by atoms with Gasteiger partial charge in [0.05, 0.1) is 0 Å². The maximum atomic E-state index is 2.12.